The molecule has 1 heterocycles. The van der Waals surface area contributed by atoms with Gasteiger partial charge in [-0.05, 0) is 12.1 Å². The summed E-state index contributed by atoms with van der Waals surface area (Å²) in [7, 11) is 0. The van der Waals surface area contributed by atoms with Gasteiger partial charge < -0.3 is 4.57 Å². The lowest BCUT2D eigenvalue weighted by atomic mass is 10.2. The Balaban J connectivity index is 2.67. The van der Waals surface area contributed by atoms with Gasteiger partial charge in [-0.3, -0.25) is 10.1 Å². The van der Waals surface area contributed by atoms with Gasteiger partial charge in [0.25, 0.3) is 5.69 Å². The summed E-state index contributed by atoms with van der Waals surface area (Å²) in [6.45, 7) is 0. The summed E-state index contributed by atoms with van der Waals surface area (Å²) < 4.78 is 28.3. The number of halogens is 2. The minimum atomic E-state index is -1.10. The van der Waals surface area contributed by atoms with Crippen molar-refractivity contribution in [3.8, 4) is 11.8 Å². The Hall–Kier alpha value is -2.75. The van der Waals surface area contributed by atoms with Crippen LogP contribution < -0.4 is 0 Å². The fourth-order valence-corrected chi connectivity index (χ4v) is 1.55. The van der Waals surface area contributed by atoms with Crippen LogP contribution in [0.15, 0.2) is 30.5 Å². The zero-order chi connectivity index (χ0) is 13.3. The molecule has 0 atom stereocenters. The number of aromatic nitrogens is 1. The second-order valence-electron chi connectivity index (χ2n) is 3.39. The molecule has 0 saturated carbocycles. The van der Waals surface area contributed by atoms with Crippen LogP contribution in [0.4, 0.5) is 14.5 Å². The van der Waals surface area contributed by atoms with E-state index in [9.17, 15) is 18.9 Å². The van der Waals surface area contributed by atoms with Gasteiger partial charge in [0.15, 0.2) is 11.6 Å². The van der Waals surface area contributed by atoms with Crippen molar-refractivity contribution in [2.45, 2.75) is 0 Å². The fourth-order valence-electron chi connectivity index (χ4n) is 1.55. The number of hydrogen-bond acceptors (Lipinski definition) is 3. The Morgan fingerprint density at radius 1 is 1.33 bits per heavy atom. The first kappa shape index (κ1) is 11.7. The predicted molar refractivity (Wildman–Crippen MR) is 57.1 cm³/mol. The van der Waals surface area contributed by atoms with Gasteiger partial charge in [-0.15, -0.1) is 0 Å². The van der Waals surface area contributed by atoms with Crippen molar-refractivity contribution in [3.63, 3.8) is 0 Å². The molecule has 1 aromatic heterocycles. The number of nitro benzene ring substituents is 1. The summed E-state index contributed by atoms with van der Waals surface area (Å²) in [5.74, 6) is -2.20. The van der Waals surface area contributed by atoms with Crippen molar-refractivity contribution in [1.82, 2.24) is 4.57 Å². The molecule has 7 heteroatoms. The van der Waals surface area contributed by atoms with E-state index < -0.39 is 27.9 Å². The molecule has 2 rings (SSSR count). The number of nitrogens with zero attached hydrogens (tertiary/aromatic N) is 3. The average molecular weight is 249 g/mol. The highest BCUT2D eigenvalue weighted by atomic mass is 19.1. The molecular formula is C11H5F2N3O2. The molecular weight excluding hydrogens is 244 g/mol. The molecule has 90 valence electrons. The minimum Gasteiger partial charge on any atom is -0.303 e. The van der Waals surface area contributed by atoms with E-state index >= 15 is 0 Å². The van der Waals surface area contributed by atoms with Crippen LogP contribution in [-0.4, -0.2) is 9.49 Å². The van der Waals surface area contributed by atoms with Crippen molar-refractivity contribution in [2.24, 2.45) is 0 Å². The Kier molecular flexibility index (Phi) is 2.77. The minimum absolute atomic E-state index is 0.0293. The van der Waals surface area contributed by atoms with E-state index in [2.05, 4.69) is 0 Å². The lowest BCUT2D eigenvalue weighted by molar-refractivity contribution is -0.385. The third kappa shape index (κ3) is 1.80. The summed E-state index contributed by atoms with van der Waals surface area (Å²) in [6.07, 6.45) is 1.30. The quantitative estimate of drug-likeness (QED) is 0.606. The number of rotatable bonds is 2. The van der Waals surface area contributed by atoms with Crippen LogP contribution in [0, 0.1) is 33.1 Å². The lowest BCUT2D eigenvalue weighted by Crippen LogP contribution is -2.04. The molecule has 0 bridgehead atoms. The molecule has 0 amide bonds. The zero-order valence-electron chi connectivity index (χ0n) is 8.80. The molecule has 0 aliphatic rings. The molecule has 0 N–H and O–H groups in total. The monoisotopic (exact) mass is 249 g/mol. The molecule has 0 unspecified atom stereocenters. The largest absolute Gasteiger partial charge is 0.303 e. The maximum absolute atomic E-state index is 13.7. The standard InChI is InChI=1S/C11H5F2N3O2/c12-9-4-8(16(17)18)5-10(13)11(9)15-3-1-2-7(15)6-14/h1-5H. The molecule has 0 radical (unpaired) electrons. The van der Waals surface area contributed by atoms with Crippen LogP contribution in [0.1, 0.15) is 5.69 Å². The molecule has 0 fully saturated rings. The molecule has 18 heavy (non-hydrogen) atoms. The summed E-state index contributed by atoms with van der Waals surface area (Å²) in [6, 6.07) is 5.80. The second kappa shape index (κ2) is 4.25. The molecule has 2 aromatic rings. The number of hydrogen-bond donors (Lipinski definition) is 0. The summed E-state index contributed by atoms with van der Waals surface area (Å²) in [5.41, 5.74) is -1.16. The van der Waals surface area contributed by atoms with Crippen molar-refractivity contribution < 1.29 is 13.7 Å². The van der Waals surface area contributed by atoms with E-state index in [-0.39, 0.29) is 5.69 Å². The van der Waals surface area contributed by atoms with Gasteiger partial charge in [0.1, 0.15) is 17.5 Å². The Bertz CT molecular complexity index is 650. The maximum atomic E-state index is 13.7. The molecule has 5 nitrogen and oxygen atoms in total. The smallest absolute Gasteiger partial charge is 0.275 e. The molecule has 0 spiro atoms. The van der Waals surface area contributed by atoms with Crippen LogP contribution in [-0.2, 0) is 0 Å². The van der Waals surface area contributed by atoms with E-state index in [1.54, 1.807) is 6.07 Å². The Labute approximate surface area is 99.6 Å². The van der Waals surface area contributed by atoms with Crippen molar-refractivity contribution in [2.75, 3.05) is 0 Å². The first-order chi connectivity index (χ1) is 8.54. The summed E-state index contributed by atoms with van der Waals surface area (Å²) >= 11 is 0. The summed E-state index contributed by atoms with van der Waals surface area (Å²) in [4.78, 5) is 9.55. The van der Waals surface area contributed by atoms with Crippen LogP contribution in [0.3, 0.4) is 0 Å². The highest BCUT2D eigenvalue weighted by Crippen LogP contribution is 2.25. The van der Waals surface area contributed by atoms with E-state index in [1.165, 1.54) is 18.3 Å². The van der Waals surface area contributed by atoms with Gasteiger partial charge in [0, 0.05) is 6.20 Å². The Morgan fingerprint density at radius 3 is 2.44 bits per heavy atom. The topological polar surface area (TPSA) is 71.9 Å². The number of nitriles is 1. The van der Waals surface area contributed by atoms with Crippen molar-refractivity contribution >= 4 is 5.69 Å². The highest BCUT2D eigenvalue weighted by molar-refractivity contribution is 5.46. The summed E-state index contributed by atoms with van der Waals surface area (Å²) in [5, 5.41) is 19.2. The van der Waals surface area contributed by atoms with Crippen LogP contribution in [0.5, 0.6) is 0 Å². The Morgan fingerprint density at radius 2 is 1.94 bits per heavy atom. The van der Waals surface area contributed by atoms with Crippen LogP contribution >= 0.6 is 0 Å². The molecule has 0 aliphatic carbocycles. The highest BCUT2D eigenvalue weighted by Gasteiger charge is 2.19. The second-order valence-corrected chi connectivity index (χ2v) is 3.39. The molecule has 1 aromatic carbocycles. The van der Waals surface area contributed by atoms with Crippen molar-refractivity contribution in [1.29, 1.82) is 5.26 Å². The zero-order valence-corrected chi connectivity index (χ0v) is 8.80. The van der Waals surface area contributed by atoms with Crippen LogP contribution in [0.2, 0.25) is 0 Å². The van der Waals surface area contributed by atoms with Gasteiger partial charge in [0.05, 0.1) is 17.1 Å². The van der Waals surface area contributed by atoms with Gasteiger partial charge >= 0.3 is 0 Å². The maximum Gasteiger partial charge on any atom is 0.275 e. The number of benzene rings is 1. The molecule has 0 aliphatic heterocycles. The predicted octanol–water partition coefficient (Wildman–Crippen LogP) is 2.54. The van der Waals surface area contributed by atoms with Gasteiger partial charge in [-0.2, -0.15) is 5.26 Å². The normalized spacial score (nSPS) is 10.1. The fraction of sp³-hybridized carbons (Fsp3) is 0. The average Bonchev–Trinajstić information content (AvgIpc) is 2.76. The lowest BCUT2D eigenvalue weighted by Gasteiger charge is -2.07. The SMILES string of the molecule is N#Cc1cccn1-c1c(F)cc([N+](=O)[O-])cc1F. The van der Waals surface area contributed by atoms with Gasteiger partial charge in [-0.1, -0.05) is 0 Å². The molecule has 0 saturated heterocycles. The van der Waals surface area contributed by atoms with Crippen molar-refractivity contribution in [3.05, 3.63) is 57.9 Å². The van der Waals surface area contributed by atoms with E-state index in [0.717, 1.165) is 4.57 Å². The number of nitro groups is 1. The van der Waals surface area contributed by atoms with Gasteiger partial charge in [-0.25, -0.2) is 8.78 Å². The van der Waals surface area contributed by atoms with E-state index in [4.69, 9.17) is 5.26 Å². The van der Waals surface area contributed by atoms with E-state index in [1.807, 2.05) is 0 Å². The van der Waals surface area contributed by atoms with E-state index in [0.29, 0.717) is 12.1 Å². The third-order valence-electron chi connectivity index (χ3n) is 2.32. The number of non-ortho nitro benzene ring substituents is 1. The first-order valence-electron chi connectivity index (χ1n) is 4.76. The van der Waals surface area contributed by atoms with Crippen LogP contribution in [0.25, 0.3) is 5.69 Å². The van der Waals surface area contributed by atoms with Gasteiger partial charge in [0.2, 0.25) is 0 Å². The first-order valence-corrected chi connectivity index (χ1v) is 4.76. The third-order valence-corrected chi connectivity index (χ3v) is 2.32.